The molecule has 16 heavy (non-hydrogen) atoms. The van der Waals surface area contributed by atoms with Crippen LogP contribution in [-0.4, -0.2) is 55.2 Å². The second-order valence-electron chi connectivity index (χ2n) is 5.85. The highest BCUT2D eigenvalue weighted by Gasteiger charge is 2.37. The van der Waals surface area contributed by atoms with Gasteiger partial charge in [-0.15, -0.1) is 0 Å². The first kappa shape index (κ1) is 12.4. The van der Waals surface area contributed by atoms with Crippen molar-refractivity contribution in [1.29, 1.82) is 0 Å². The Balaban J connectivity index is 1.58. The molecule has 0 aromatic carbocycles. The average molecular weight is 225 g/mol. The maximum Gasteiger partial charge on any atom is 0.0916 e. The number of quaternary nitrogens is 1. The lowest BCUT2D eigenvalue weighted by molar-refractivity contribution is -0.941. The Bertz CT molecular complexity index is 181. The predicted molar refractivity (Wildman–Crippen MR) is 69.5 cm³/mol. The summed E-state index contributed by atoms with van der Waals surface area (Å²) in [6.45, 7) is 12.2. The van der Waals surface area contributed by atoms with Gasteiger partial charge in [0.15, 0.2) is 0 Å². The second-order valence-corrected chi connectivity index (χ2v) is 5.85. The highest BCUT2D eigenvalue weighted by molar-refractivity contribution is 4.70. The zero-order valence-corrected chi connectivity index (χ0v) is 11.1. The SMILES string of the molecule is CCCCCCCC[N+]12CCN(CC1)CC2. The highest BCUT2D eigenvalue weighted by Crippen LogP contribution is 2.20. The van der Waals surface area contributed by atoms with E-state index in [1.54, 1.807) is 0 Å². The van der Waals surface area contributed by atoms with Gasteiger partial charge in [-0.05, 0) is 12.8 Å². The second kappa shape index (κ2) is 6.02. The van der Waals surface area contributed by atoms with Crippen molar-refractivity contribution in [1.82, 2.24) is 4.90 Å². The minimum absolute atomic E-state index is 1.37. The van der Waals surface area contributed by atoms with Crippen LogP contribution < -0.4 is 0 Å². The van der Waals surface area contributed by atoms with Gasteiger partial charge in [0.2, 0.25) is 0 Å². The molecule has 0 atom stereocenters. The van der Waals surface area contributed by atoms with Gasteiger partial charge in [0, 0.05) is 19.6 Å². The Hall–Kier alpha value is -0.0800. The van der Waals surface area contributed by atoms with Crippen molar-refractivity contribution >= 4 is 0 Å². The van der Waals surface area contributed by atoms with E-state index in [-0.39, 0.29) is 0 Å². The summed E-state index contributed by atoms with van der Waals surface area (Å²) in [7, 11) is 0. The lowest BCUT2D eigenvalue weighted by atomic mass is 10.1. The zero-order valence-electron chi connectivity index (χ0n) is 11.1. The van der Waals surface area contributed by atoms with E-state index in [2.05, 4.69) is 11.8 Å². The van der Waals surface area contributed by atoms with E-state index in [1.165, 1.54) is 88.8 Å². The van der Waals surface area contributed by atoms with Gasteiger partial charge in [-0.3, -0.25) is 4.90 Å². The van der Waals surface area contributed by atoms with E-state index in [4.69, 9.17) is 0 Å². The van der Waals surface area contributed by atoms with Gasteiger partial charge in [-0.25, -0.2) is 0 Å². The molecule has 2 nitrogen and oxygen atoms in total. The van der Waals surface area contributed by atoms with Crippen LogP contribution >= 0.6 is 0 Å². The molecule has 0 saturated carbocycles. The minimum atomic E-state index is 1.37. The van der Waals surface area contributed by atoms with Crippen LogP contribution in [0, 0.1) is 0 Å². The van der Waals surface area contributed by atoms with Gasteiger partial charge >= 0.3 is 0 Å². The number of fused-ring (bicyclic) bond motifs is 3. The molecule has 0 aliphatic carbocycles. The van der Waals surface area contributed by atoms with Gasteiger partial charge in [0.05, 0.1) is 26.2 Å². The van der Waals surface area contributed by atoms with E-state index in [0.29, 0.717) is 0 Å². The highest BCUT2D eigenvalue weighted by atomic mass is 15.4. The number of unbranched alkanes of at least 4 members (excludes halogenated alkanes) is 5. The molecule has 0 N–H and O–H groups in total. The maximum atomic E-state index is 2.64. The molecule has 3 aliphatic rings. The van der Waals surface area contributed by atoms with Crippen LogP contribution in [-0.2, 0) is 0 Å². The average Bonchev–Trinajstić information content (AvgIpc) is 2.36. The number of hydrogen-bond donors (Lipinski definition) is 0. The molecule has 0 aromatic heterocycles. The monoisotopic (exact) mass is 225 g/mol. The smallest absolute Gasteiger partial charge is 0.0916 e. The van der Waals surface area contributed by atoms with E-state index in [0.717, 1.165) is 0 Å². The molecule has 2 heteroatoms. The van der Waals surface area contributed by atoms with Crippen LogP contribution in [0.1, 0.15) is 45.4 Å². The molecule has 94 valence electrons. The molecule has 0 amide bonds. The van der Waals surface area contributed by atoms with E-state index >= 15 is 0 Å². The summed E-state index contributed by atoms with van der Waals surface area (Å²) >= 11 is 0. The van der Waals surface area contributed by atoms with Crippen molar-refractivity contribution in [2.75, 3.05) is 45.8 Å². The molecule has 3 rings (SSSR count). The van der Waals surface area contributed by atoms with Crippen LogP contribution in [0.25, 0.3) is 0 Å². The van der Waals surface area contributed by atoms with Crippen molar-refractivity contribution in [2.24, 2.45) is 0 Å². The van der Waals surface area contributed by atoms with Crippen LogP contribution in [0.4, 0.5) is 0 Å². The molecule has 2 bridgehead atoms. The summed E-state index contributed by atoms with van der Waals surface area (Å²) in [4.78, 5) is 2.64. The quantitative estimate of drug-likeness (QED) is 0.475. The van der Waals surface area contributed by atoms with E-state index in [1.807, 2.05) is 0 Å². The zero-order chi connectivity index (χ0) is 11.3. The number of rotatable bonds is 7. The molecule has 3 fully saturated rings. The van der Waals surface area contributed by atoms with Gasteiger partial charge in [-0.1, -0.05) is 32.6 Å². The van der Waals surface area contributed by atoms with Crippen molar-refractivity contribution in [2.45, 2.75) is 45.4 Å². The van der Waals surface area contributed by atoms with Crippen LogP contribution in [0.5, 0.6) is 0 Å². The molecule has 3 heterocycles. The molecule has 0 aromatic rings. The molecule has 3 saturated heterocycles. The van der Waals surface area contributed by atoms with Gasteiger partial charge in [0.25, 0.3) is 0 Å². The van der Waals surface area contributed by atoms with Crippen molar-refractivity contribution < 1.29 is 4.48 Å². The number of piperazine rings is 3. The maximum absolute atomic E-state index is 2.64. The van der Waals surface area contributed by atoms with E-state index in [9.17, 15) is 0 Å². The van der Waals surface area contributed by atoms with Crippen LogP contribution in [0.15, 0.2) is 0 Å². The summed E-state index contributed by atoms with van der Waals surface area (Å²) in [6.07, 6.45) is 8.70. The molecular weight excluding hydrogens is 196 g/mol. The topological polar surface area (TPSA) is 3.24 Å². The van der Waals surface area contributed by atoms with Crippen LogP contribution in [0.3, 0.4) is 0 Å². The summed E-state index contributed by atoms with van der Waals surface area (Å²) < 4.78 is 1.46. The largest absolute Gasteiger partial charge is 0.320 e. The minimum Gasteiger partial charge on any atom is -0.320 e. The van der Waals surface area contributed by atoms with Crippen molar-refractivity contribution in [3.63, 3.8) is 0 Å². The normalized spacial score (nSPS) is 33.2. The number of hydrogen-bond acceptors (Lipinski definition) is 1. The first-order valence-electron chi connectivity index (χ1n) is 7.42. The Kier molecular flexibility index (Phi) is 4.66. The third-order valence-corrected chi connectivity index (χ3v) is 4.66. The Labute approximate surface area is 101 Å². The Morgan fingerprint density at radius 1 is 0.812 bits per heavy atom. The van der Waals surface area contributed by atoms with Crippen molar-refractivity contribution in [3.05, 3.63) is 0 Å². The Morgan fingerprint density at radius 2 is 1.38 bits per heavy atom. The fourth-order valence-corrected chi connectivity index (χ4v) is 3.29. The Morgan fingerprint density at radius 3 is 2.00 bits per heavy atom. The molecular formula is C14H29N2+. The number of nitrogens with zero attached hydrogens (tertiary/aromatic N) is 2. The van der Waals surface area contributed by atoms with Gasteiger partial charge in [-0.2, -0.15) is 0 Å². The molecule has 0 spiro atoms. The molecule has 0 unspecified atom stereocenters. The van der Waals surface area contributed by atoms with Gasteiger partial charge < -0.3 is 4.48 Å². The first-order valence-corrected chi connectivity index (χ1v) is 7.42. The predicted octanol–water partition coefficient (Wildman–Crippen LogP) is 2.49. The first-order chi connectivity index (χ1) is 7.85. The van der Waals surface area contributed by atoms with Crippen molar-refractivity contribution in [3.8, 4) is 0 Å². The lowest BCUT2D eigenvalue weighted by Crippen LogP contribution is -2.67. The molecule has 3 aliphatic heterocycles. The molecule has 0 radical (unpaired) electrons. The van der Waals surface area contributed by atoms with Gasteiger partial charge in [0.1, 0.15) is 0 Å². The summed E-state index contributed by atoms with van der Waals surface area (Å²) in [5.74, 6) is 0. The lowest BCUT2D eigenvalue weighted by Gasteiger charge is -2.50. The summed E-state index contributed by atoms with van der Waals surface area (Å²) in [6, 6.07) is 0. The fraction of sp³-hybridized carbons (Fsp3) is 1.00. The fourth-order valence-electron chi connectivity index (χ4n) is 3.29. The van der Waals surface area contributed by atoms with E-state index < -0.39 is 0 Å². The standard InChI is InChI=1S/C14H29N2/c1-2-3-4-5-6-7-11-16-12-8-15(9-13-16)10-14-16/h2-14H2,1H3/q+1. The summed E-state index contributed by atoms with van der Waals surface area (Å²) in [5, 5.41) is 0. The third-order valence-electron chi connectivity index (χ3n) is 4.66. The summed E-state index contributed by atoms with van der Waals surface area (Å²) in [5.41, 5.74) is 0. The third kappa shape index (κ3) is 3.21. The van der Waals surface area contributed by atoms with Crippen LogP contribution in [0.2, 0.25) is 0 Å².